The van der Waals surface area contributed by atoms with Gasteiger partial charge in [0.15, 0.2) is 0 Å². The van der Waals surface area contributed by atoms with Crippen LogP contribution in [-0.4, -0.2) is 55.5 Å². The molecule has 2 aromatic rings. The van der Waals surface area contributed by atoms with Crippen LogP contribution in [0.3, 0.4) is 0 Å². The Labute approximate surface area is 160 Å². The quantitative estimate of drug-likeness (QED) is 0.313. The second kappa shape index (κ2) is 7.70. The number of rotatable bonds is 4. The summed E-state index contributed by atoms with van der Waals surface area (Å²) >= 11 is 0. The SMILES string of the molecule is Nc1ccc(/N=N/c2ccc(S(=O)(=O)O)cc2)cc1S(=O)(=O)O.[NaH]. The second-order valence-electron chi connectivity index (χ2n) is 4.37. The van der Waals surface area contributed by atoms with Gasteiger partial charge < -0.3 is 5.73 Å². The van der Waals surface area contributed by atoms with Crippen LogP contribution in [0.1, 0.15) is 0 Å². The van der Waals surface area contributed by atoms with Gasteiger partial charge in [-0.05, 0) is 42.5 Å². The molecular formula is C12H12N3NaO6S2. The maximum absolute atomic E-state index is 11.1. The molecule has 0 unspecified atom stereocenters. The van der Waals surface area contributed by atoms with Gasteiger partial charge in [-0.15, -0.1) is 0 Å². The molecule has 0 aliphatic heterocycles. The maximum atomic E-state index is 11.1. The van der Waals surface area contributed by atoms with Crippen molar-refractivity contribution in [3.63, 3.8) is 0 Å². The number of nitrogen functional groups attached to an aromatic ring is 1. The molecule has 0 bridgehead atoms. The molecule has 0 spiro atoms. The molecule has 9 nitrogen and oxygen atoms in total. The Balaban J connectivity index is 0.00000288. The van der Waals surface area contributed by atoms with Crippen LogP contribution in [0.15, 0.2) is 62.5 Å². The van der Waals surface area contributed by atoms with E-state index in [-0.39, 0.29) is 51.5 Å². The molecule has 0 aliphatic rings. The third-order valence-electron chi connectivity index (χ3n) is 2.69. The summed E-state index contributed by atoms with van der Waals surface area (Å²) in [6.07, 6.45) is 0. The van der Waals surface area contributed by atoms with Crippen molar-refractivity contribution in [2.24, 2.45) is 10.2 Å². The molecule has 2 rings (SSSR count). The molecular weight excluding hydrogens is 369 g/mol. The van der Waals surface area contributed by atoms with Crippen LogP contribution < -0.4 is 5.73 Å². The first kappa shape index (κ1) is 20.7. The molecule has 4 N–H and O–H groups in total. The van der Waals surface area contributed by atoms with Gasteiger partial charge in [0.05, 0.1) is 22.0 Å². The molecule has 12 heteroatoms. The van der Waals surface area contributed by atoms with Gasteiger partial charge in [0.2, 0.25) is 0 Å². The predicted molar refractivity (Wildman–Crippen MR) is 88.3 cm³/mol. The monoisotopic (exact) mass is 381 g/mol. The number of hydrogen-bond acceptors (Lipinski definition) is 7. The molecule has 124 valence electrons. The number of nitrogens with two attached hydrogens (primary N) is 1. The van der Waals surface area contributed by atoms with Gasteiger partial charge in [0, 0.05) is 0 Å². The summed E-state index contributed by atoms with van der Waals surface area (Å²) in [4.78, 5) is -0.784. The van der Waals surface area contributed by atoms with Crippen molar-refractivity contribution < 1.29 is 25.9 Å². The van der Waals surface area contributed by atoms with Crippen molar-refractivity contribution in [3.8, 4) is 0 Å². The summed E-state index contributed by atoms with van der Waals surface area (Å²) in [5.74, 6) is 0. The average molecular weight is 381 g/mol. The summed E-state index contributed by atoms with van der Waals surface area (Å²) in [7, 11) is -8.78. The van der Waals surface area contributed by atoms with Crippen LogP contribution in [-0.2, 0) is 20.2 Å². The first-order valence-corrected chi connectivity index (χ1v) is 8.82. The predicted octanol–water partition coefficient (Wildman–Crippen LogP) is 1.53. The molecule has 0 heterocycles. The molecule has 24 heavy (non-hydrogen) atoms. The Morgan fingerprint density at radius 2 is 1.29 bits per heavy atom. The van der Waals surface area contributed by atoms with Crippen LogP contribution in [0.2, 0.25) is 0 Å². The third kappa shape index (κ3) is 5.34. The van der Waals surface area contributed by atoms with Crippen LogP contribution in [0.5, 0.6) is 0 Å². The molecule has 0 atom stereocenters. The van der Waals surface area contributed by atoms with E-state index >= 15 is 0 Å². The summed E-state index contributed by atoms with van der Waals surface area (Å²) < 4.78 is 61.9. The minimum absolute atomic E-state index is 0. The van der Waals surface area contributed by atoms with E-state index in [1.54, 1.807) is 0 Å². The van der Waals surface area contributed by atoms with Gasteiger partial charge in [-0.25, -0.2) is 0 Å². The van der Waals surface area contributed by atoms with E-state index in [0.717, 1.165) is 18.2 Å². The number of benzene rings is 2. The van der Waals surface area contributed by atoms with Gasteiger partial charge in [-0.3, -0.25) is 9.11 Å². The fourth-order valence-electron chi connectivity index (χ4n) is 1.61. The van der Waals surface area contributed by atoms with Gasteiger partial charge in [-0.2, -0.15) is 27.1 Å². The zero-order valence-electron chi connectivity index (χ0n) is 11.4. The molecule has 0 amide bonds. The Bertz CT molecular complexity index is 972. The zero-order chi connectivity index (χ0) is 17.3. The fraction of sp³-hybridized carbons (Fsp3) is 0. The molecule has 2 aromatic carbocycles. The van der Waals surface area contributed by atoms with E-state index < -0.39 is 25.1 Å². The topological polar surface area (TPSA) is 159 Å². The van der Waals surface area contributed by atoms with Crippen molar-refractivity contribution in [2.45, 2.75) is 9.79 Å². The molecule has 0 saturated carbocycles. The van der Waals surface area contributed by atoms with Gasteiger partial charge in [-0.1, -0.05) is 0 Å². The zero-order valence-corrected chi connectivity index (χ0v) is 13.0. The molecule has 0 saturated heterocycles. The van der Waals surface area contributed by atoms with E-state index in [1.807, 2.05) is 0 Å². The minimum atomic E-state index is -4.48. The normalized spacial score (nSPS) is 12.1. The van der Waals surface area contributed by atoms with Crippen molar-refractivity contribution in [1.29, 1.82) is 0 Å². The van der Waals surface area contributed by atoms with E-state index in [0.29, 0.717) is 0 Å². The van der Waals surface area contributed by atoms with Crippen LogP contribution in [0.25, 0.3) is 0 Å². The van der Waals surface area contributed by atoms with Crippen LogP contribution in [0.4, 0.5) is 17.1 Å². The molecule has 0 fully saturated rings. The van der Waals surface area contributed by atoms with E-state index in [1.165, 1.54) is 24.3 Å². The standard InChI is InChI=1S/C12H11N3O6S2.Na.H/c13-11-6-3-9(7-12(11)23(19,20)21)15-14-8-1-4-10(5-2-8)22(16,17)18;;/h1-7H,13H2,(H,16,17,18)(H,19,20,21);;/b15-14+;;. The van der Waals surface area contributed by atoms with Crippen LogP contribution in [0, 0.1) is 0 Å². The van der Waals surface area contributed by atoms with E-state index in [4.69, 9.17) is 14.8 Å². The first-order chi connectivity index (χ1) is 10.6. The Morgan fingerprint density at radius 1 is 0.792 bits per heavy atom. The van der Waals surface area contributed by atoms with Crippen molar-refractivity contribution in [3.05, 3.63) is 42.5 Å². The number of azo groups is 1. The summed E-state index contributed by atoms with van der Waals surface area (Å²) in [5, 5.41) is 7.55. The Kier molecular flexibility index (Phi) is 6.64. The molecule has 0 aliphatic carbocycles. The first-order valence-electron chi connectivity index (χ1n) is 5.94. The molecule has 0 aromatic heterocycles. The summed E-state index contributed by atoms with van der Waals surface area (Å²) in [6.45, 7) is 0. The van der Waals surface area contributed by atoms with Gasteiger partial charge in [0.1, 0.15) is 4.90 Å². The van der Waals surface area contributed by atoms with Crippen molar-refractivity contribution >= 4 is 66.9 Å². The number of anilines is 1. The number of hydrogen-bond donors (Lipinski definition) is 3. The fourth-order valence-corrected chi connectivity index (χ4v) is 2.72. The average Bonchev–Trinajstić information content (AvgIpc) is 2.44. The van der Waals surface area contributed by atoms with E-state index in [2.05, 4.69) is 10.2 Å². The summed E-state index contributed by atoms with van der Waals surface area (Å²) in [6, 6.07) is 8.55. The van der Waals surface area contributed by atoms with E-state index in [9.17, 15) is 16.8 Å². The number of nitrogens with zero attached hydrogens (tertiary/aromatic N) is 2. The Hall–Kier alpha value is -1.34. The van der Waals surface area contributed by atoms with Crippen molar-refractivity contribution in [1.82, 2.24) is 0 Å². The van der Waals surface area contributed by atoms with Gasteiger partial charge in [0.25, 0.3) is 20.2 Å². The van der Waals surface area contributed by atoms with Crippen LogP contribution >= 0.6 is 0 Å². The summed E-state index contributed by atoms with van der Waals surface area (Å²) in [5.41, 5.74) is 5.70. The molecule has 0 radical (unpaired) electrons. The Morgan fingerprint density at radius 3 is 1.79 bits per heavy atom. The van der Waals surface area contributed by atoms with Crippen molar-refractivity contribution in [2.75, 3.05) is 5.73 Å². The second-order valence-corrected chi connectivity index (χ2v) is 7.18. The van der Waals surface area contributed by atoms with Gasteiger partial charge >= 0.3 is 29.6 Å². The third-order valence-corrected chi connectivity index (χ3v) is 4.47.